The lowest BCUT2D eigenvalue weighted by Gasteiger charge is -2.34. The van der Waals surface area contributed by atoms with E-state index >= 15 is 0 Å². The molecule has 0 radical (unpaired) electrons. The Kier molecular flexibility index (Phi) is 11.6. The monoisotopic (exact) mass is 644 g/mol. The van der Waals surface area contributed by atoms with E-state index in [9.17, 15) is 34.6 Å². The van der Waals surface area contributed by atoms with E-state index in [0.717, 1.165) is 5.30 Å². The molecule has 1 N–H and O–H groups in total. The molecule has 16 nitrogen and oxygen atoms in total. The number of ether oxygens (including phenoxy) is 3. The van der Waals surface area contributed by atoms with Gasteiger partial charge in [-0.3, -0.25) is 14.3 Å². The maximum Gasteiger partial charge on any atom is 0.347 e. The highest BCUT2D eigenvalue weighted by Crippen LogP contribution is 2.53. The molecule has 3 rings (SSSR count). The van der Waals surface area contributed by atoms with E-state index in [-0.39, 0.29) is 22.7 Å². The minimum absolute atomic E-state index is 0.132. The van der Waals surface area contributed by atoms with Crippen LogP contribution in [0.2, 0.25) is 0 Å². The van der Waals surface area contributed by atoms with E-state index in [1.54, 1.807) is 12.1 Å². The topological polar surface area (TPSA) is 199 Å². The molecule has 1 fully saturated rings. The fraction of sp³-hybridized carbons (Fsp3) is 0.348. The van der Waals surface area contributed by atoms with Gasteiger partial charge in [0.05, 0.1) is 25.0 Å². The van der Waals surface area contributed by atoms with E-state index in [0.29, 0.717) is 26.3 Å². The van der Waals surface area contributed by atoms with Crippen LogP contribution in [0.3, 0.4) is 0 Å². The number of hydrogen-bond donors (Lipinski definition) is 2. The number of amides is 1. The lowest BCUT2D eigenvalue weighted by Crippen LogP contribution is -2.35. The van der Waals surface area contributed by atoms with Gasteiger partial charge in [0.15, 0.2) is 0 Å². The summed E-state index contributed by atoms with van der Waals surface area (Å²) in [7, 11) is 0. The third-order valence-electron chi connectivity index (χ3n) is 5.49. The van der Waals surface area contributed by atoms with Crippen LogP contribution in [0.1, 0.15) is 23.7 Å². The molecule has 1 saturated heterocycles. The van der Waals surface area contributed by atoms with E-state index in [1.165, 1.54) is 37.3 Å². The molecule has 1 aliphatic rings. The molecule has 1 heterocycles. The molecular weight excluding hydrogens is 619 g/mol. The van der Waals surface area contributed by atoms with Crippen molar-refractivity contribution in [3.05, 3.63) is 68.3 Å². The predicted octanol–water partition coefficient (Wildman–Crippen LogP) is 2.14. The summed E-state index contributed by atoms with van der Waals surface area (Å²) in [6.45, 7) is 2.71. The van der Waals surface area contributed by atoms with Gasteiger partial charge in [-0.1, -0.05) is 11.8 Å². The highest BCUT2D eigenvalue weighted by Gasteiger charge is 2.27. The quantitative estimate of drug-likeness (QED) is 0.0803. The molecule has 2 aromatic rings. The number of carbonyl (C=O) groups excluding carboxylic acids is 3. The first kappa shape index (κ1) is 32.7. The van der Waals surface area contributed by atoms with Gasteiger partial charge in [-0.05, 0) is 42.5 Å². The van der Waals surface area contributed by atoms with Crippen LogP contribution in [0.4, 0.5) is 5.69 Å². The summed E-state index contributed by atoms with van der Waals surface area (Å²) < 4.78 is 18.1. The van der Waals surface area contributed by atoms with Crippen molar-refractivity contribution >= 4 is 58.3 Å². The van der Waals surface area contributed by atoms with Gasteiger partial charge >= 0.3 is 11.9 Å². The molecule has 2 atom stereocenters. The molecule has 0 bridgehead atoms. The van der Waals surface area contributed by atoms with Gasteiger partial charge in [-0.15, -0.1) is 32.5 Å². The summed E-state index contributed by atoms with van der Waals surface area (Å²) in [4.78, 5) is 66.6. The number of carbonyl (C=O) groups is 3. The Morgan fingerprint density at radius 3 is 2.36 bits per heavy atom. The summed E-state index contributed by atoms with van der Waals surface area (Å²) in [5, 5.41) is 19.6. The number of esters is 2. The first-order chi connectivity index (χ1) is 19.8. The maximum absolute atomic E-state index is 13.1. The minimum atomic E-state index is -2.36. The van der Waals surface area contributed by atoms with Crippen molar-refractivity contribution in [3.8, 4) is 11.5 Å². The number of nitrogens with zero attached hydrogens (tertiary/aromatic N) is 3. The molecule has 0 aromatic heterocycles. The van der Waals surface area contributed by atoms with Gasteiger partial charge in [0, 0.05) is 31.0 Å². The summed E-state index contributed by atoms with van der Waals surface area (Å²) in [6, 6.07) is 10.2. The van der Waals surface area contributed by atoms with E-state index in [2.05, 4.69) is 19.7 Å². The minimum Gasteiger partial charge on any atom is -0.426 e. The van der Waals surface area contributed by atoms with Gasteiger partial charge < -0.3 is 29.2 Å². The fourth-order valence-corrected chi connectivity index (χ4v) is 7.02. The third-order valence-corrected chi connectivity index (χ3v) is 10.4. The van der Waals surface area contributed by atoms with Crippen LogP contribution in [0.25, 0.3) is 0 Å². The van der Waals surface area contributed by atoms with Gasteiger partial charge in [-0.25, -0.2) is 4.79 Å². The summed E-state index contributed by atoms with van der Waals surface area (Å²) in [5.74, 6) is -2.73. The SMILES string of the molecule is CC(=O)Nc1ccc(OC(=O)CC(CO[N+](=O)[O-])O[N+](=O)[O-])c(C(=O)Oc2ccc(P(=S)(S)N3CCOCC3)cc2)c1. The lowest BCUT2D eigenvalue weighted by atomic mass is 10.1. The first-order valence-corrected chi connectivity index (χ1v) is 16.0. The third kappa shape index (κ3) is 9.63. The predicted molar refractivity (Wildman–Crippen MR) is 153 cm³/mol. The van der Waals surface area contributed by atoms with Crippen molar-refractivity contribution in [2.24, 2.45) is 0 Å². The number of benzene rings is 2. The maximum atomic E-state index is 13.1. The second kappa shape index (κ2) is 14.9. The van der Waals surface area contributed by atoms with Crippen LogP contribution < -0.4 is 20.1 Å². The second-order valence-electron chi connectivity index (χ2n) is 8.53. The van der Waals surface area contributed by atoms with Crippen molar-refractivity contribution in [1.29, 1.82) is 0 Å². The number of nitrogens with one attached hydrogen (secondary N) is 1. The zero-order valence-electron chi connectivity index (χ0n) is 21.9. The van der Waals surface area contributed by atoms with E-state index in [1.807, 2.05) is 0 Å². The molecule has 1 aliphatic heterocycles. The number of anilines is 1. The molecule has 42 heavy (non-hydrogen) atoms. The number of morpholine rings is 1. The van der Waals surface area contributed by atoms with Crippen molar-refractivity contribution in [2.45, 2.75) is 19.4 Å². The van der Waals surface area contributed by atoms with Crippen LogP contribution in [-0.4, -0.2) is 71.7 Å². The smallest absolute Gasteiger partial charge is 0.347 e. The summed E-state index contributed by atoms with van der Waals surface area (Å²) >= 11 is 10.5. The number of rotatable bonds is 13. The molecule has 2 aromatic carbocycles. The summed E-state index contributed by atoms with van der Waals surface area (Å²) in [6.07, 6.45) is -2.51. The second-order valence-corrected chi connectivity index (χ2v) is 14.8. The Hall–Kier alpha value is -3.83. The van der Waals surface area contributed by atoms with Gasteiger partial charge in [0.2, 0.25) is 5.91 Å². The molecule has 0 saturated carbocycles. The van der Waals surface area contributed by atoms with Crippen molar-refractivity contribution in [3.63, 3.8) is 0 Å². The molecule has 2 unspecified atom stereocenters. The fourth-order valence-electron chi connectivity index (χ4n) is 3.66. The summed E-state index contributed by atoms with van der Waals surface area (Å²) in [5.41, 5.74) is -0.0978. The Bertz CT molecular complexity index is 1390. The van der Waals surface area contributed by atoms with Crippen molar-refractivity contribution in [1.82, 2.24) is 4.67 Å². The normalized spacial score (nSPS) is 15.4. The molecule has 0 aliphatic carbocycles. The molecule has 19 heteroatoms. The molecule has 1 amide bonds. The number of thiol groups is 1. The van der Waals surface area contributed by atoms with Crippen LogP contribution in [0.15, 0.2) is 42.5 Å². The highest BCUT2D eigenvalue weighted by molar-refractivity contribution is 8.65. The Morgan fingerprint density at radius 1 is 1.10 bits per heavy atom. The van der Waals surface area contributed by atoms with Crippen LogP contribution in [0.5, 0.6) is 11.5 Å². The van der Waals surface area contributed by atoms with Crippen LogP contribution >= 0.6 is 17.6 Å². The van der Waals surface area contributed by atoms with Gasteiger partial charge in [0.25, 0.3) is 10.2 Å². The Balaban J connectivity index is 1.78. The van der Waals surface area contributed by atoms with E-state index in [4.69, 9.17) is 38.3 Å². The van der Waals surface area contributed by atoms with Crippen molar-refractivity contribution in [2.75, 3.05) is 38.2 Å². The first-order valence-electron chi connectivity index (χ1n) is 12.0. The average molecular weight is 645 g/mol. The zero-order chi connectivity index (χ0) is 30.9. The molecule has 226 valence electrons. The van der Waals surface area contributed by atoms with Gasteiger partial charge in [-0.2, -0.15) is 0 Å². The Morgan fingerprint density at radius 2 is 1.76 bits per heavy atom. The van der Waals surface area contributed by atoms with Gasteiger partial charge in [0.1, 0.15) is 29.8 Å². The number of hydrogen-bond acceptors (Lipinski definition) is 13. The zero-order valence-corrected chi connectivity index (χ0v) is 24.5. The van der Waals surface area contributed by atoms with Crippen LogP contribution in [0, 0.1) is 20.2 Å². The highest BCUT2D eigenvalue weighted by atomic mass is 32.9. The lowest BCUT2D eigenvalue weighted by molar-refractivity contribution is -0.789. The molecular formula is C23H25N4O12PS2. The van der Waals surface area contributed by atoms with Crippen LogP contribution in [-0.2, 0) is 35.8 Å². The molecule has 0 spiro atoms. The largest absolute Gasteiger partial charge is 0.426 e. The Labute approximate surface area is 248 Å². The average Bonchev–Trinajstić information content (AvgIpc) is 2.92. The van der Waals surface area contributed by atoms with E-state index < -0.39 is 52.5 Å². The van der Waals surface area contributed by atoms with Crippen molar-refractivity contribution < 1.29 is 48.4 Å². The standard InChI is InChI=1S/C23H25N4O12PS2/c1-15(28)24-16-2-7-21(38-22(29)13-18(39-27(33)34)14-36-26(31)32)20(12-16)23(30)37-17-3-5-19(6-4-17)40(41,42)25-8-10-35-11-9-25/h2-7,12,18H,8-11,13-14H2,1H3,(H,24,28)(H,41,42).